The Morgan fingerprint density at radius 1 is 0.971 bits per heavy atom. The Labute approximate surface area is 219 Å². The lowest BCUT2D eigenvalue weighted by atomic mass is 10.2. The van der Waals surface area contributed by atoms with E-state index in [1.54, 1.807) is 42.5 Å². The lowest BCUT2D eigenvalue weighted by Gasteiger charge is -2.10. The Morgan fingerprint density at radius 3 is 2.49 bits per heavy atom. The van der Waals surface area contributed by atoms with Crippen molar-refractivity contribution in [1.82, 2.24) is 10.7 Å². The minimum absolute atomic E-state index is 0.226. The molecule has 0 aromatic heterocycles. The summed E-state index contributed by atoms with van der Waals surface area (Å²) >= 11 is 15.0. The molecular formula is C24H18BrCl2N3O5. The van der Waals surface area contributed by atoms with Crippen molar-refractivity contribution in [2.24, 2.45) is 5.10 Å². The van der Waals surface area contributed by atoms with Crippen LogP contribution in [0.5, 0.6) is 11.5 Å². The number of hydrogen-bond acceptors (Lipinski definition) is 6. The summed E-state index contributed by atoms with van der Waals surface area (Å²) < 4.78 is 11.5. The largest absolute Gasteiger partial charge is 0.493 e. The fraction of sp³-hybridized carbons (Fsp3) is 0.0833. The first-order valence-corrected chi connectivity index (χ1v) is 11.5. The summed E-state index contributed by atoms with van der Waals surface area (Å²) in [7, 11) is 1.44. The zero-order valence-corrected chi connectivity index (χ0v) is 21.3. The Morgan fingerprint density at radius 2 is 1.77 bits per heavy atom. The Kier molecular flexibility index (Phi) is 9.25. The summed E-state index contributed by atoms with van der Waals surface area (Å²) in [5.74, 6) is -1.04. The standard InChI is InChI=1S/C24H18BrCl2N3O5/c1-34-21-9-14(5-8-20(21)35-24(33)16-3-2-4-17(25)10-16)12-29-30-22(31)13-28-23(32)15-6-7-18(26)19(27)11-15/h2-12H,13H2,1H3,(H,28,32)(H,30,31)/b29-12-. The molecule has 0 atom stereocenters. The first kappa shape index (κ1) is 26.2. The van der Waals surface area contributed by atoms with Gasteiger partial charge in [0.2, 0.25) is 0 Å². The monoisotopic (exact) mass is 577 g/mol. The van der Waals surface area contributed by atoms with Crippen LogP contribution in [-0.2, 0) is 4.79 Å². The van der Waals surface area contributed by atoms with E-state index in [1.807, 2.05) is 0 Å². The number of esters is 1. The van der Waals surface area contributed by atoms with Crippen LogP contribution in [0.1, 0.15) is 26.3 Å². The Bertz CT molecular complexity index is 1300. The molecule has 0 aliphatic carbocycles. The maximum atomic E-state index is 12.4. The van der Waals surface area contributed by atoms with Crippen molar-refractivity contribution in [3.8, 4) is 11.5 Å². The number of nitrogens with zero attached hydrogens (tertiary/aromatic N) is 1. The van der Waals surface area contributed by atoms with Gasteiger partial charge in [0, 0.05) is 10.0 Å². The van der Waals surface area contributed by atoms with E-state index in [4.69, 9.17) is 32.7 Å². The molecule has 2 amide bonds. The van der Waals surface area contributed by atoms with Gasteiger partial charge in [-0.1, -0.05) is 45.2 Å². The minimum atomic E-state index is -0.541. The van der Waals surface area contributed by atoms with Crippen molar-refractivity contribution in [2.45, 2.75) is 0 Å². The van der Waals surface area contributed by atoms with Crippen molar-refractivity contribution in [2.75, 3.05) is 13.7 Å². The maximum Gasteiger partial charge on any atom is 0.343 e. The van der Waals surface area contributed by atoms with E-state index in [9.17, 15) is 14.4 Å². The maximum absolute atomic E-state index is 12.4. The van der Waals surface area contributed by atoms with Crippen LogP contribution in [0.2, 0.25) is 10.0 Å². The van der Waals surface area contributed by atoms with E-state index >= 15 is 0 Å². The van der Waals surface area contributed by atoms with Crippen LogP contribution >= 0.6 is 39.1 Å². The third kappa shape index (κ3) is 7.54. The van der Waals surface area contributed by atoms with Gasteiger partial charge >= 0.3 is 5.97 Å². The van der Waals surface area contributed by atoms with Crippen LogP contribution in [-0.4, -0.2) is 37.7 Å². The number of rotatable bonds is 8. The number of amides is 2. The molecule has 0 fully saturated rings. The van der Waals surface area contributed by atoms with Crippen LogP contribution in [0.25, 0.3) is 0 Å². The highest BCUT2D eigenvalue weighted by atomic mass is 79.9. The van der Waals surface area contributed by atoms with Gasteiger partial charge in [0.05, 0.1) is 35.5 Å². The second-order valence-electron chi connectivity index (χ2n) is 6.91. The van der Waals surface area contributed by atoms with Crippen molar-refractivity contribution < 1.29 is 23.9 Å². The highest BCUT2D eigenvalue weighted by Crippen LogP contribution is 2.28. The number of methoxy groups -OCH3 is 1. The fourth-order valence-electron chi connectivity index (χ4n) is 2.74. The van der Waals surface area contributed by atoms with E-state index in [0.29, 0.717) is 21.9 Å². The van der Waals surface area contributed by atoms with Crippen LogP contribution in [0, 0.1) is 0 Å². The van der Waals surface area contributed by atoms with Crippen LogP contribution in [0.4, 0.5) is 0 Å². The first-order valence-electron chi connectivity index (χ1n) is 9.97. The van der Waals surface area contributed by atoms with Gasteiger partial charge in [0.25, 0.3) is 11.8 Å². The van der Waals surface area contributed by atoms with Gasteiger partial charge in [-0.3, -0.25) is 9.59 Å². The lowest BCUT2D eigenvalue weighted by Crippen LogP contribution is -2.34. The molecule has 0 spiro atoms. The van der Waals surface area contributed by atoms with Gasteiger partial charge in [0.15, 0.2) is 11.5 Å². The number of hydrazone groups is 1. The van der Waals surface area contributed by atoms with E-state index in [2.05, 4.69) is 31.8 Å². The molecule has 0 unspecified atom stereocenters. The molecule has 180 valence electrons. The normalized spacial score (nSPS) is 10.6. The third-order valence-corrected chi connectivity index (χ3v) is 5.68. The number of benzene rings is 3. The summed E-state index contributed by atoms with van der Waals surface area (Å²) in [4.78, 5) is 36.5. The van der Waals surface area contributed by atoms with E-state index in [-0.39, 0.29) is 22.9 Å². The fourth-order valence-corrected chi connectivity index (χ4v) is 3.44. The summed E-state index contributed by atoms with van der Waals surface area (Å²) in [6.45, 7) is -0.301. The topological polar surface area (TPSA) is 106 Å². The van der Waals surface area contributed by atoms with Gasteiger partial charge in [-0.25, -0.2) is 10.2 Å². The van der Waals surface area contributed by atoms with Gasteiger partial charge in [-0.05, 0) is 60.2 Å². The summed E-state index contributed by atoms with van der Waals surface area (Å²) in [6.07, 6.45) is 1.38. The number of halogens is 3. The molecule has 0 radical (unpaired) electrons. The molecule has 11 heteroatoms. The van der Waals surface area contributed by atoms with Crippen molar-refractivity contribution >= 4 is 63.1 Å². The van der Waals surface area contributed by atoms with Crippen molar-refractivity contribution in [1.29, 1.82) is 0 Å². The molecule has 35 heavy (non-hydrogen) atoms. The average molecular weight is 579 g/mol. The second kappa shape index (κ2) is 12.3. The van der Waals surface area contributed by atoms with Gasteiger partial charge < -0.3 is 14.8 Å². The molecule has 0 heterocycles. The molecule has 0 saturated heterocycles. The number of nitrogens with one attached hydrogen (secondary N) is 2. The number of ether oxygens (including phenoxy) is 2. The van der Waals surface area contributed by atoms with Crippen LogP contribution in [0.3, 0.4) is 0 Å². The summed E-state index contributed by atoms with van der Waals surface area (Å²) in [5.41, 5.74) is 3.52. The Balaban J connectivity index is 1.54. The molecule has 0 aliphatic rings. The van der Waals surface area contributed by atoms with Gasteiger partial charge in [-0.15, -0.1) is 0 Å². The van der Waals surface area contributed by atoms with Crippen LogP contribution in [0.15, 0.2) is 70.2 Å². The smallest absolute Gasteiger partial charge is 0.343 e. The predicted molar refractivity (Wildman–Crippen MR) is 137 cm³/mol. The molecule has 0 bridgehead atoms. The zero-order chi connectivity index (χ0) is 25.4. The summed E-state index contributed by atoms with van der Waals surface area (Å²) in [5, 5.41) is 6.87. The Hall–Kier alpha value is -3.40. The minimum Gasteiger partial charge on any atom is -0.493 e. The highest BCUT2D eigenvalue weighted by Gasteiger charge is 2.13. The molecular weight excluding hydrogens is 561 g/mol. The predicted octanol–water partition coefficient (Wildman–Crippen LogP) is 4.86. The number of hydrogen-bond donors (Lipinski definition) is 2. The summed E-state index contributed by atoms with van der Waals surface area (Å²) in [6, 6.07) is 16.0. The molecule has 2 N–H and O–H groups in total. The van der Waals surface area contributed by atoms with E-state index in [0.717, 1.165) is 4.47 Å². The molecule has 3 aromatic rings. The SMILES string of the molecule is COc1cc(/C=N\NC(=O)CNC(=O)c2ccc(Cl)c(Cl)c2)ccc1OC(=O)c1cccc(Br)c1. The average Bonchev–Trinajstić information content (AvgIpc) is 2.85. The second-order valence-corrected chi connectivity index (χ2v) is 8.64. The van der Waals surface area contributed by atoms with E-state index in [1.165, 1.54) is 31.5 Å². The molecule has 0 aliphatic heterocycles. The molecule has 3 rings (SSSR count). The highest BCUT2D eigenvalue weighted by molar-refractivity contribution is 9.10. The first-order chi connectivity index (χ1) is 16.8. The third-order valence-electron chi connectivity index (χ3n) is 4.44. The van der Waals surface area contributed by atoms with Gasteiger partial charge in [0.1, 0.15) is 0 Å². The lowest BCUT2D eigenvalue weighted by molar-refractivity contribution is -0.120. The van der Waals surface area contributed by atoms with Crippen molar-refractivity contribution in [3.63, 3.8) is 0 Å². The van der Waals surface area contributed by atoms with E-state index < -0.39 is 17.8 Å². The zero-order valence-electron chi connectivity index (χ0n) is 18.2. The number of carbonyl (C=O) groups excluding carboxylic acids is 3. The molecule has 0 saturated carbocycles. The number of carbonyl (C=O) groups is 3. The molecule has 8 nitrogen and oxygen atoms in total. The van der Waals surface area contributed by atoms with Crippen LogP contribution < -0.4 is 20.2 Å². The molecule has 3 aromatic carbocycles. The van der Waals surface area contributed by atoms with Gasteiger partial charge in [-0.2, -0.15) is 5.10 Å². The van der Waals surface area contributed by atoms with Crippen molar-refractivity contribution in [3.05, 3.63) is 91.9 Å². The quantitative estimate of drug-likeness (QED) is 0.172.